The highest BCUT2D eigenvalue weighted by atomic mass is 32.2. The Morgan fingerprint density at radius 2 is 2.10 bits per heavy atom. The Bertz CT molecular complexity index is 799. The molecule has 0 spiro atoms. The summed E-state index contributed by atoms with van der Waals surface area (Å²) in [5.41, 5.74) is 5.28. The van der Waals surface area contributed by atoms with Crippen LogP contribution in [0.5, 0.6) is 0 Å². The van der Waals surface area contributed by atoms with Crippen molar-refractivity contribution in [2.24, 2.45) is 0 Å². The lowest BCUT2D eigenvalue weighted by molar-refractivity contribution is 0.600. The quantitative estimate of drug-likeness (QED) is 0.833. The average molecular weight is 292 g/mol. The third-order valence-electron chi connectivity index (χ3n) is 2.43. The van der Waals surface area contributed by atoms with Gasteiger partial charge in [-0.2, -0.15) is 5.26 Å². The maximum absolute atomic E-state index is 13.1. The van der Waals surface area contributed by atoms with Gasteiger partial charge >= 0.3 is 0 Å². The van der Waals surface area contributed by atoms with Gasteiger partial charge in [0.15, 0.2) is 5.69 Å². The number of hydrogen-bond donors (Lipinski definition) is 2. The number of nitrogens with two attached hydrogens (primary N) is 1. The lowest BCUT2D eigenvalue weighted by atomic mass is 10.3. The molecule has 0 aliphatic carbocycles. The SMILES string of the molecule is N#Cc1ncccc1S(=O)(=O)Nc1cc(F)ccc1N. The van der Waals surface area contributed by atoms with Crippen LogP contribution in [0.1, 0.15) is 5.69 Å². The zero-order valence-electron chi connectivity index (χ0n) is 10.0. The monoisotopic (exact) mass is 292 g/mol. The minimum absolute atomic E-state index is 0.0670. The minimum atomic E-state index is -4.08. The predicted octanol–water partition coefficient (Wildman–Crippen LogP) is 1.48. The van der Waals surface area contributed by atoms with E-state index < -0.39 is 15.8 Å². The average Bonchev–Trinajstić information content (AvgIpc) is 2.42. The fraction of sp³-hybridized carbons (Fsp3) is 0. The first-order valence-corrected chi connectivity index (χ1v) is 6.85. The van der Waals surface area contributed by atoms with E-state index in [2.05, 4.69) is 9.71 Å². The topological polar surface area (TPSA) is 109 Å². The van der Waals surface area contributed by atoms with E-state index in [-0.39, 0.29) is 22.0 Å². The molecule has 0 bridgehead atoms. The number of nitrogens with zero attached hydrogens (tertiary/aromatic N) is 2. The Balaban J connectivity index is 2.47. The van der Waals surface area contributed by atoms with Crippen LogP contribution in [0.3, 0.4) is 0 Å². The van der Waals surface area contributed by atoms with Crippen molar-refractivity contribution in [1.29, 1.82) is 5.26 Å². The number of hydrogen-bond acceptors (Lipinski definition) is 5. The number of benzene rings is 1. The number of sulfonamides is 1. The van der Waals surface area contributed by atoms with Crippen molar-refractivity contribution < 1.29 is 12.8 Å². The minimum Gasteiger partial charge on any atom is -0.397 e. The van der Waals surface area contributed by atoms with E-state index in [0.717, 1.165) is 12.1 Å². The number of halogens is 1. The highest BCUT2D eigenvalue weighted by molar-refractivity contribution is 7.92. The van der Waals surface area contributed by atoms with Crippen molar-refractivity contribution in [3.8, 4) is 6.07 Å². The number of rotatable bonds is 3. The Morgan fingerprint density at radius 1 is 1.35 bits per heavy atom. The predicted molar refractivity (Wildman–Crippen MR) is 70.6 cm³/mol. The summed E-state index contributed by atoms with van der Waals surface area (Å²) in [6.45, 7) is 0. The molecule has 0 radical (unpaired) electrons. The first-order chi connectivity index (χ1) is 9.44. The van der Waals surface area contributed by atoms with Crippen molar-refractivity contribution in [2.75, 3.05) is 10.5 Å². The van der Waals surface area contributed by atoms with Gasteiger partial charge in [-0.1, -0.05) is 0 Å². The van der Waals surface area contributed by atoms with Gasteiger partial charge in [-0.15, -0.1) is 0 Å². The normalized spacial score (nSPS) is 10.8. The van der Waals surface area contributed by atoms with E-state index in [4.69, 9.17) is 11.0 Å². The fourth-order valence-electron chi connectivity index (χ4n) is 1.51. The molecule has 20 heavy (non-hydrogen) atoms. The summed E-state index contributed by atoms with van der Waals surface area (Å²) in [6, 6.07) is 7.58. The van der Waals surface area contributed by atoms with Gasteiger partial charge in [-0.25, -0.2) is 17.8 Å². The lowest BCUT2D eigenvalue weighted by Gasteiger charge is -2.10. The van der Waals surface area contributed by atoms with E-state index in [9.17, 15) is 12.8 Å². The van der Waals surface area contributed by atoms with Crippen LogP contribution in [-0.2, 0) is 10.0 Å². The third kappa shape index (κ3) is 2.67. The molecule has 102 valence electrons. The molecule has 6 nitrogen and oxygen atoms in total. The number of pyridine rings is 1. The van der Waals surface area contributed by atoms with Crippen LogP contribution in [0.2, 0.25) is 0 Å². The Morgan fingerprint density at radius 3 is 2.80 bits per heavy atom. The fourth-order valence-corrected chi connectivity index (χ4v) is 2.69. The van der Waals surface area contributed by atoms with Crippen LogP contribution >= 0.6 is 0 Å². The van der Waals surface area contributed by atoms with Crippen LogP contribution in [0, 0.1) is 17.1 Å². The molecule has 1 heterocycles. The summed E-state index contributed by atoms with van der Waals surface area (Å²) in [5, 5.41) is 8.86. The van der Waals surface area contributed by atoms with Crippen molar-refractivity contribution in [2.45, 2.75) is 4.90 Å². The van der Waals surface area contributed by atoms with Gasteiger partial charge in [0.05, 0.1) is 11.4 Å². The van der Waals surface area contributed by atoms with Gasteiger partial charge in [0, 0.05) is 12.3 Å². The number of nitriles is 1. The van der Waals surface area contributed by atoms with E-state index >= 15 is 0 Å². The molecule has 0 amide bonds. The molecule has 0 saturated carbocycles. The first kappa shape index (κ1) is 13.8. The highest BCUT2D eigenvalue weighted by Gasteiger charge is 2.20. The molecule has 0 aliphatic heterocycles. The summed E-state index contributed by atoms with van der Waals surface area (Å²) >= 11 is 0. The second-order valence-corrected chi connectivity index (χ2v) is 5.45. The zero-order chi connectivity index (χ0) is 14.8. The van der Waals surface area contributed by atoms with Crippen molar-refractivity contribution in [3.63, 3.8) is 0 Å². The van der Waals surface area contributed by atoms with E-state index in [1.165, 1.54) is 24.4 Å². The van der Waals surface area contributed by atoms with Gasteiger partial charge < -0.3 is 5.73 Å². The van der Waals surface area contributed by atoms with Gasteiger partial charge in [-0.3, -0.25) is 4.72 Å². The number of anilines is 2. The van der Waals surface area contributed by atoms with Gasteiger partial charge in [0.2, 0.25) is 0 Å². The summed E-state index contributed by atoms with van der Waals surface area (Å²) in [5.74, 6) is -0.636. The third-order valence-corrected chi connectivity index (χ3v) is 3.82. The van der Waals surface area contributed by atoms with Crippen molar-refractivity contribution in [3.05, 3.63) is 48.0 Å². The first-order valence-electron chi connectivity index (χ1n) is 5.37. The standard InChI is InChI=1S/C12H9FN4O2S/c13-8-3-4-9(15)10(6-8)17-20(18,19)12-2-1-5-16-11(12)7-14/h1-6,17H,15H2. The Labute approximate surface area is 114 Å². The van der Waals surface area contributed by atoms with Gasteiger partial charge in [-0.05, 0) is 24.3 Å². The van der Waals surface area contributed by atoms with Crippen LogP contribution < -0.4 is 10.5 Å². The summed E-state index contributed by atoms with van der Waals surface area (Å²) < 4.78 is 39.6. The van der Waals surface area contributed by atoms with E-state index in [1.54, 1.807) is 6.07 Å². The van der Waals surface area contributed by atoms with Crippen molar-refractivity contribution >= 4 is 21.4 Å². The summed E-state index contributed by atoms with van der Waals surface area (Å²) in [6.07, 6.45) is 1.30. The van der Waals surface area contributed by atoms with Crippen molar-refractivity contribution in [1.82, 2.24) is 4.98 Å². The maximum Gasteiger partial charge on any atom is 0.264 e. The number of nitrogen functional groups attached to an aromatic ring is 1. The maximum atomic E-state index is 13.1. The van der Waals surface area contributed by atoms with Crippen LogP contribution in [0.25, 0.3) is 0 Å². The number of nitrogens with one attached hydrogen (secondary N) is 1. The molecule has 2 rings (SSSR count). The van der Waals surface area contributed by atoms with E-state index in [0.29, 0.717) is 0 Å². The molecule has 0 saturated heterocycles. The molecular formula is C12H9FN4O2S. The Hall–Kier alpha value is -2.66. The van der Waals surface area contributed by atoms with Crippen LogP contribution in [0.15, 0.2) is 41.4 Å². The summed E-state index contributed by atoms with van der Waals surface area (Å²) in [7, 11) is -4.08. The molecule has 2 aromatic rings. The Kier molecular flexibility index (Phi) is 3.54. The smallest absolute Gasteiger partial charge is 0.264 e. The summed E-state index contributed by atoms with van der Waals surface area (Å²) in [4.78, 5) is 3.36. The molecule has 0 unspecified atom stereocenters. The molecule has 0 fully saturated rings. The second-order valence-electron chi connectivity index (χ2n) is 3.80. The van der Waals surface area contributed by atoms with E-state index in [1.807, 2.05) is 0 Å². The van der Waals surface area contributed by atoms with Gasteiger partial charge in [0.1, 0.15) is 16.8 Å². The molecule has 8 heteroatoms. The molecule has 0 aliphatic rings. The van der Waals surface area contributed by atoms with Crippen LogP contribution in [0.4, 0.5) is 15.8 Å². The molecule has 3 N–H and O–H groups in total. The molecular weight excluding hydrogens is 283 g/mol. The molecule has 1 aromatic carbocycles. The highest BCUT2D eigenvalue weighted by Crippen LogP contribution is 2.23. The largest absolute Gasteiger partial charge is 0.397 e. The molecule has 1 aromatic heterocycles. The molecule has 0 atom stereocenters. The zero-order valence-corrected chi connectivity index (χ0v) is 10.9. The van der Waals surface area contributed by atoms with Crippen LogP contribution in [-0.4, -0.2) is 13.4 Å². The second kappa shape index (κ2) is 5.14. The lowest BCUT2D eigenvalue weighted by Crippen LogP contribution is -2.16. The van der Waals surface area contributed by atoms with Gasteiger partial charge in [0.25, 0.3) is 10.0 Å². The number of aromatic nitrogens is 1.